The SMILES string of the molecule is COc1cc(-c2c(C#N)c(N)nc3sc(C(=O)c4ccc(S(=O)(=O)NC(C)=O)cc4)c(N)c23)cc(OC)c1OC. The van der Waals surface area contributed by atoms with Crippen molar-refractivity contribution in [2.45, 2.75) is 11.8 Å². The molecule has 0 saturated carbocycles. The first-order valence-electron chi connectivity index (χ1n) is 11.4. The minimum Gasteiger partial charge on any atom is -0.493 e. The second-order valence-corrected chi connectivity index (χ2v) is 11.0. The molecule has 2 aromatic carbocycles. The van der Waals surface area contributed by atoms with E-state index in [2.05, 4.69) is 11.1 Å². The standard InChI is InChI=1S/C26H23N5O7S2/c1-12(32)31-40(34,35)15-7-5-13(6-8-15)22(33)24-21(28)20-19(16(11-27)25(29)30-26(20)39-24)14-9-17(36-2)23(38-4)18(10-14)37-3/h5-10H,28H2,1-4H3,(H2,29,30)(H,31,32). The minimum atomic E-state index is -4.08. The van der Waals surface area contributed by atoms with E-state index in [1.807, 2.05) is 4.72 Å². The van der Waals surface area contributed by atoms with Crippen LogP contribution in [0.25, 0.3) is 21.3 Å². The Balaban J connectivity index is 1.91. The monoisotopic (exact) mass is 581 g/mol. The quantitative estimate of drug-likeness (QED) is 0.259. The van der Waals surface area contributed by atoms with E-state index in [1.165, 1.54) is 45.6 Å². The van der Waals surface area contributed by atoms with Gasteiger partial charge >= 0.3 is 0 Å². The topological polar surface area (TPSA) is 197 Å². The minimum absolute atomic E-state index is 0.0396. The van der Waals surface area contributed by atoms with Crippen LogP contribution in [0.4, 0.5) is 11.5 Å². The summed E-state index contributed by atoms with van der Waals surface area (Å²) in [5, 5.41) is 10.3. The van der Waals surface area contributed by atoms with Crippen LogP contribution in [0.1, 0.15) is 27.7 Å². The zero-order valence-corrected chi connectivity index (χ0v) is 23.3. The third-order valence-electron chi connectivity index (χ3n) is 5.88. The Labute approximate surface area is 233 Å². The lowest BCUT2D eigenvalue weighted by atomic mass is 9.96. The second-order valence-electron chi connectivity index (χ2n) is 8.31. The molecule has 0 saturated heterocycles. The van der Waals surface area contributed by atoms with Crippen molar-refractivity contribution in [3.63, 3.8) is 0 Å². The predicted molar refractivity (Wildman–Crippen MR) is 149 cm³/mol. The number of carbonyl (C=O) groups is 2. The van der Waals surface area contributed by atoms with Gasteiger partial charge in [0.15, 0.2) is 11.5 Å². The fourth-order valence-corrected chi connectivity index (χ4v) is 6.20. The number of thiophene rings is 1. The highest BCUT2D eigenvalue weighted by Crippen LogP contribution is 2.47. The number of nitrogen functional groups attached to an aromatic ring is 2. The number of anilines is 2. The molecule has 14 heteroatoms. The maximum absolute atomic E-state index is 13.5. The number of nitrogens with one attached hydrogen (secondary N) is 1. The zero-order chi connectivity index (χ0) is 29.4. The summed E-state index contributed by atoms with van der Waals surface area (Å²) in [5.41, 5.74) is 13.7. The summed E-state index contributed by atoms with van der Waals surface area (Å²) in [6.07, 6.45) is 0. The Morgan fingerprint density at radius 3 is 2.12 bits per heavy atom. The van der Waals surface area contributed by atoms with Crippen LogP contribution in [0.5, 0.6) is 17.2 Å². The molecule has 0 fully saturated rings. The average molecular weight is 582 g/mol. The van der Waals surface area contributed by atoms with Crippen molar-refractivity contribution in [1.29, 1.82) is 5.26 Å². The summed E-state index contributed by atoms with van der Waals surface area (Å²) < 4.78 is 42.7. The number of methoxy groups -OCH3 is 3. The van der Waals surface area contributed by atoms with Crippen LogP contribution >= 0.6 is 11.3 Å². The number of fused-ring (bicyclic) bond motifs is 1. The molecule has 0 aliphatic heterocycles. The maximum atomic E-state index is 13.5. The number of aromatic nitrogens is 1. The van der Waals surface area contributed by atoms with Gasteiger partial charge in [-0.05, 0) is 42.0 Å². The third kappa shape index (κ3) is 4.83. The molecule has 4 aromatic rings. The highest BCUT2D eigenvalue weighted by atomic mass is 32.2. The van der Waals surface area contributed by atoms with E-state index in [4.69, 9.17) is 25.7 Å². The molecule has 40 heavy (non-hydrogen) atoms. The number of hydrogen-bond donors (Lipinski definition) is 3. The number of benzene rings is 2. The van der Waals surface area contributed by atoms with Gasteiger partial charge in [-0.1, -0.05) is 0 Å². The van der Waals surface area contributed by atoms with Crippen LogP contribution in [-0.2, 0) is 14.8 Å². The molecule has 0 atom stereocenters. The number of carbonyl (C=O) groups excluding carboxylic acids is 2. The third-order valence-corrected chi connectivity index (χ3v) is 8.43. The molecule has 0 radical (unpaired) electrons. The van der Waals surface area contributed by atoms with Crippen molar-refractivity contribution in [3.05, 3.63) is 52.4 Å². The van der Waals surface area contributed by atoms with Crippen LogP contribution in [0, 0.1) is 11.3 Å². The summed E-state index contributed by atoms with van der Waals surface area (Å²) >= 11 is 0.977. The number of ether oxygens (including phenoxy) is 3. The van der Waals surface area contributed by atoms with Crippen LogP contribution in [0.3, 0.4) is 0 Å². The number of pyridine rings is 1. The summed E-state index contributed by atoms with van der Waals surface area (Å²) in [7, 11) is 0.280. The summed E-state index contributed by atoms with van der Waals surface area (Å²) in [4.78, 5) is 29.2. The van der Waals surface area contributed by atoms with Gasteiger partial charge in [0.05, 0.1) is 31.9 Å². The number of amides is 1. The first kappa shape index (κ1) is 28.1. The van der Waals surface area contributed by atoms with E-state index in [0.717, 1.165) is 18.3 Å². The van der Waals surface area contributed by atoms with E-state index in [-0.39, 0.29) is 32.4 Å². The molecule has 0 spiro atoms. The molecular weight excluding hydrogens is 558 g/mol. The molecule has 206 valence electrons. The smallest absolute Gasteiger partial charge is 0.264 e. The van der Waals surface area contributed by atoms with E-state index in [1.54, 1.807) is 12.1 Å². The van der Waals surface area contributed by atoms with E-state index >= 15 is 0 Å². The van der Waals surface area contributed by atoms with E-state index < -0.39 is 21.7 Å². The molecule has 2 heterocycles. The van der Waals surface area contributed by atoms with Gasteiger partial charge < -0.3 is 25.7 Å². The second kappa shape index (κ2) is 10.7. The average Bonchev–Trinajstić information content (AvgIpc) is 3.25. The Hall–Kier alpha value is -4.87. The lowest BCUT2D eigenvalue weighted by Gasteiger charge is -2.16. The van der Waals surface area contributed by atoms with Crippen LogP contribution in [0.15, 0.2) is 41.3 Å². The first-order chi connectivity index (χ1) is 19.0. The summed E-state index contributed by atoms with van der Waals surface area (Å²) in [6.45, 7) is 1.07. The number of nitrogens with zero attached hydrogens (tertiary/aromatic N) is 2. The Kier molecular flexibility index (Phi) is 7.54. The zero-order valence-electron chi connectivity index (χ0n) is 21.7. The van der Waals surface area contributed by atoms with Crippen molar-refractivity contribution in [1.82, 2.24) is 9.71 Å². The largest absolute Gasteiger partial charge is 0.493 e. The molecule has 4 rings (SSSR count). The van der Waals surface area contributed by atoms with Crippen molar-refractivity contribution in [3.8, 4) is 34.4 Å². The van der Waals surface area contributed by atoms with Crippen molar-refractivity contribution >= 4 is 54.8 Å². The fourth-order valence-electron chi connectivity index (χ4n) is 4.13. The van der Waals surface area contributed by atoms with Crippen molar-refractivity contribution < 1.29 is 32.2 Å². The van der Waals surface area contributed by atoms with Gasteiger partial charge in [0, 0.05) is 23.4 Å². The number of rotatable bonds is 8. The highest BCUT2D eigenvalue weighted by Gasteiger charge is 2.27. The predicted octanol–water partition coefficient (Wildman–Crippen LogP) is 3.08. The fraction of sp³-hybridized carbons (Fsp3) is 0.154. The Bertz CT molecular complexity index is 1800. The Morgan fingerprint density at radius 2 is 1.62 bits per heavy atom. The van der Waals surface area contributed by atoms with E-state index in [0.29, 0.717) is 38.6 Å². The van der Waals surface area contributed by atoms with Crippen molar-refractivity contribution in [2.24, 2.45) is 0 Å². The van der Waals surface area contributed by atoms with Crippen LogP contribution in [0.2, 0.25) is 0 Å². The molecule has 12 nitrogen and oxygen atoms in total. The lowest BCUT2D eigenvalue weighted by Crippen LogP contribution is -2.28. The maximum Gasteiger partial charge on any atom is 0.264 e. The molecular formula is C26H23N5O7S2. The molecule has 2 aromatic heterocycles. The molecule has 1 amide bonds. The lowest BCUT2D eigenvalue weighted by molar-refractivity contribution is -0.117. The van der Waals surface area contributed by atoms with Gasteiger partial charge in [0.1, 0.15) is 27.2 Å². The molecule has 0 aliphatic rings. The normalized spacial score (nSPS) is 11.1. The van der Waals surface area contributed by atoms with Crippen LogP contribution in [-0.4, -0.2) is 46.4 Å². The molecule has 0 aliphatic carbocycles. The highest BCUT2D eigenvalue weighted by molar-refractivity contribution is 7.90. The number of sulfonamides is 1. The van der Waals surface area contributed by atoms with Crippen LogP contribution < -0.4 is 30.4 Å². The number of nitrogens with two attached hydrogens (primary N) is 2. The van der Waals surface area contributed by atoms with Gasteiger partial charge in [0.25, 0.3) is 10.0 Å². The molecule has 0 unspecified atom stereocenters. The summed E-state index contributed by atoms with van der Waals surface area (Å²) in [5.74, 6) is -0.330. The van der Waals surface area contributed by atoms with Crippen molar-refractivity contribution in [2.75, 3.05) is 32.8 Å². The number of nitriles is 1. The Morgan fingerprint density at radius 1 is 1.02 bits per heavy atom. The number of hydrogen-bond acceptors (Lipinski definition) is 12. The molecule has 5 N–H and O–H groups in total. The van der Waals surface area contributed by atoms with Gasteiger partial charge in [-0.15, -0.1) is 11.3 Å². The van der Waals surface area contributed by atoms with E-state index in [9.17, 15) is 23.3 Å². The van der Waals surface area contributed by atoms with Gasteiger partial charge in [0.2, 0.25) is 17.4 Å². The van der Waals surface area contributed by atoms with Gasteiger partial charge in [-0.3, -0.25) is 9.59 Å². The van der Waals surface area contributed by atoms with Gasteiger partial charge in [-0.25, -0.2) is 18.1 Å². The number of ketones is 1. The first-order valence-corrected chi connectivity index (χ1v) is 13.7. The molecule has 0 bridgehead atoms. The van der Waals surface area contributed by atoms with Gasteiger partial charge in [-0.2, -0.15) is 5.26 Å². The summed E-state index contributed by atoms with van der Waals surface area (Å²) in [6, 6.07) is 10.3.